The van der Waals surface area contributed by atoms with Crippen molar-refractivity contribution in [2.24, 2.45) is 0 Å². The summed E-state index contributed by atoms with van der Waals surface area (Å²) >= 11 is 0. The third kappa shape index (κ3) is 4.82. The molecule has 2 aromatic carbocycles. The molecule has 2 heterocycles. The number of ether oxygens (including phenoxy) is 1. The molecule has 0 spiro atoms. The Balaban J connectivity index is 1.47. The summed E-state index contributed by atoms with van der Waals surface area (Å²) in [4.78, 5) is 14.6. The first-order valence-corrected chi connectivity index (χ1v) is 12.4. The van der Waals surface area contributed by atoms with Crippen LogP contribution in [0.2, 0.25) is 0 Å². The molecule has 2 aliphatic rings. The molecule has 9 heteroatoms. The van der Waals surface area contributed by atoms with Crippen LogP contribution < -0.4 is 14.2 Å². The third-order valence-electron chi connectivity index (χ3n) is 6.28. The zero-order valence-corrected chi connectivity index (χ0v) is 19.5. The molecule has 0 bridgehead atoms. The van der Waals surface area contributed by atoms with E-state index in [4.69, 9.17) is 8.92 Å². The predicted octanol–water partition coefficient (Wildman–Crippen LogP) is 2.73. The second-order valence-electron chi connectivity index (χ2n) is 8.47. The van der Waals surface area contributed by atoms with Gasteiger partial charge in [0.2, 0.25) is 5.91 Å². The van der Waals surface area contributed by atoms with E-state index in [9.17, 15) is 18.5 Å². The van der Waals surface area contributed by atoms with Crippen LogP contribution in [0.1, 0.15) is 36.3 Å². The van der Waals surface area contributed by atoms with Crippen molar-refractivity contribution in [1.82, 2.24) is 10.2 Å². The Morgan fingerprint density at radius 2 is 1.94 bits per heavy atom. The van der Waals surface area contributed by atoms with Crippen LogP contribution in [0.15, 0.2) is 47.4 Å². The highest BCUT2D eigenvalue weighted by Crippen LogP contribution is 2.36. The van der Waals surface area contributed by atoms with Crippen LogP contribution in [0.4, 0.5) is 0 Å². The van der Waals surface area contributed by atoms with Gasteiger partial charge in [0.25, 0.3) is 0 Å². The molecule has 2 aliphatic heterocycles. The number of aryl methyl sites for hydroxylation is 1. The molecule has 3 atom stereocenters. The number of nitriles is 1. The van der Waals surface area contributed by atoms with E-state index in [0.717, 1.165) is 24.0 Å². The summed E-state index contributed by atoms with van der Waals surface area (Å²) in [7, 11) is -2.54. The molecule has 33 heavy (non-hydrogen) atoms. The minimum Gasteiger partial charge on any atom is -0.493 e. The number of nitrogens with zero attached hydrogens (tertiary/aromatic N) is 2. The Morgan fingerprint density at radius 1 is 1.18 bits per heavy atom. The second-order valence-corrected chi connectivity index (χ2v) is 10.0. The lowest BCUT2D eigenvalue weighted by atomic mass is 9.95. The highest BCUT2D eigenvalue weighted by atomic mass is 32.2. The van der Waals surface area contributed by atoms with Crippen molar-refractivity contribution in [2.75, 3.05) is 20.2 Å². The van der Waals surface area contributed by atoms with Gasteiger partial charge in [-0.2, -0.15) is 13.7 Å². The number of likely N-dealkylation sites (tertiary alicyclic amines) is 1. The first-order valence-electron chi connectivity index (χ1n) is 10.9. The molecule has 0 aromatic heterocycles. The fraction of sp³-hybridized carbons (Fsp3) is 0.417. The number of hydrogen-bond donors (Lipinski definition) is 1. The van der Waals surface area contributed by atoms with E-state index in [1.165, 1.54) is 19.2 Å². The van der Waals surface area contributed by atoms with E-state index in [0.29, 0.717) is 25.3 Å². The van der Waals surface area contributed by atoms with Crippen molar-refractivity contribution >= 4 is 16.0 Å². The molecule has 1 amide bonds. The fourth-order valence-corrected chi connectivity index (χ4v) is 5.36. The maximum absolute atomic E-state index is 12.9. The van der Waals surface area contributed by atoms with Gasteiger partial charge in [-0.1, -0.05) is 23.8 Å². The average molecular weight is 470 g/mol. The molecule has 0 saturated carbocycles. The molecule has 1 N–H and O–H groups in total. The monoisotopic (exact) mass is 469 g/mol. The summed E-state index contributed by atoms with van der Waals surface area (Å²) in [6.45, 7) is 3.10. The van der Waals surface area contributed by atoms with E-state index < -0.39 is 10.1 Å². The van der Waals surface area contributed by atoms with E-state index in [2.05, 4.69) is 11.4 Å². The van der Waals surface area contributed by atoms with E-state index in [1.807, 2.05) is 6.92 Å². The molecule has 4 rings (SSSR count). The van der Waals surface area contributed by atoms with E-state index >= 15 is 0 Å². The van der Waals surface area contributed by atoms with Gasteiger partial charge in [-0.3, -0.25) is 4.79 Å². The maximum atomic E-state index is 12.9. The van der Waals surface area contributed by atoms with Gasteiger partial charge in [-0.05, 0) is 61.9 Å². The summed E-state index contributed by atoms with van der Waals surface area (Å²) in [5.41, 5.74) is 1.87. The van der Waals surface area contributed by atoms with Crippen molar-refractivity contribution in [3.05, 3.63) is 53.6 Å². The Morgan fingerprint density at radius 3 is 2.64 bits per heavy atom. The number of nitrogens with one attached hydrogen (secondary N) is 1. The fourth-order valence-electron chi connectivity index (χ4n) is 4.42. The molecule has 8 nitrogen and oxygen atoms in total. The second kappa shape index (κ2) is 9.41. The van der Waals surface area contributed by atoms with Crippen molar-refractivity contribution in [2.45, 2.75) is 49.1 Å². The van der Waals surface area contributed by atoms with Crippen LogP contribution in [0.25, 0.3) is 0 Å². The smallest absolute Gasteiger partial charge is 0.339 e. The van der Waals surface area contributed by atoms with Crippen molar-refractivity contribution in [3.8, 4) is 17.6 Å². The van der Waals surface area contributed by atoms with Crippen LogP contribution >= 0.6 is 0 Å². The topological polar surface area (TPSA) is 109 Å². The van der Waals surface area contributed by atoms with Crippen LogP contribution in [-0.2, 0) is 14.9 Å². The first-order chi connectivity index (χ1) is 15.8. The minimum atomic E-state index is -4.00. The lowest BCUT2D eigenvalue weighted by Crippen LogP contribution is -2.45. The predicted molar refractivity (Wildman–Crippen MR) is 121 cm³/mol. The Hall–Kier alpha value is -3.09. The van der Waals surface area contributed by atoms with Gasteiger partial charge >= 0.3 is 10.1 Å². The largest absolute Gasteiger partial charge is 0.493 e. The summed E-state index contributed by atoms with van der Waals surface area (Å²) in [5.74, 6) is 0.438. The molecule has 2 aromatic rings. The molecule has 0 unspecified atom stereocenters. The van der Waals surface area contributed by atoms with Gasteiger partial charge in [0, 0.05) is 13.1 Å². The quantitative estimate of drug-likeness (QED) is 0.648. The van der Waals surface area contributed by atoms with Gasteiger partial charge in [-0.15, -0.1) is 0 Å². The molecular weight excluding hydrogens is 442 g/mol. The molecular formula is C24H27N3O5S. The zero-order chi connectivity index (χ0) is 23.6. The van der Waals surface area contributed by atoms with Gasteiger partial charge in [-0.25, -0.2) is 0 Å². The average Bonchev–Trinajstić information content (AvgIpc) is 3.49. The molecule has 0 aliphatic carbocycles. The normalized spacial score (nSPS) is 22.7. The number of rotatable bonds is 6. The van der Waals surface area contributed by atoms with Gasteiger partial charge in [0.1, 0.15) is 10.9 Å². The van der Waals surface area contributed by atoms with Crippen LogP contribution in [-0.4, -0.2) is 51.5 Å². The van der Waals surface area contributed by atoms with E-state index in [1.54, 1.807) is 35.2 Å². The number of methoxy groups -OCH3 is 1. The molecule has 174 valence electrons. The SMILES string of the molecule is COc1cc([C@@H]2CN[C@H](C(=O)N3CCC[C@H]3C#N)C2)ccc1OS(=O)(=O)c1ccc(C)cc1. The summed E-state index contributed by atoms with van der Waals surface area (Å²) in [6.07, 6.45) is 2.17. The van der Waals surface area contributed by atoms with Crippen molar-refractivity contribution < 1.29 is 22.1 Å². The number of hydrogen-bond acceptors (Lipinski definition) is 7. The van der Waals surface area contributed by atoms with Crippen molar-refractivity contribution in [3.63, 3.8) is 0 Å². The highest BCUT2D eigenvalue weighted by Gasteiger charge is 2.37. The summed E-state index contributed by atoms with van der Waals surface area (Å²) < 4.78 is 36.1. The molecule has 2 fully saturated rings. The molecule has 2 saturated heterocycles. The third-order valence-corrected chi connectivity index (χ3v) is 7.53. The number of amides is 1. The Labute approximate surface area is 194 Å². The summed E-state index contributed by atoms with van der Waals surface area (Å²) in [6, 6.07) is 13.1. The van der Waals surface area contributed by atoms with Crippen molar-refractivity contribution in [1.29, 1.82) is 5.26 Å². The standard InChI is InChI=1S/C24H27N3O5S/c1-16-5-8-20(9-6-16)33(29,30)32-22-10-7-17(13-23(22)31-2)18-12-21(26-15-18)24(28)27-11-3-4-19(27)14-25/h5-10,13,18-19,21,26H,3-4,11-12,15H2,1-2H3/t18-,19-,21-/m0/s1. The number of carbonyl (C=O) groups excluding carboxylic acids is 1. The number of carbonyl (C=O) groups is 1. The minimum absolute atomic E-state index is 0.0299. The Kier molecular flexibility index (Phi) is 6.58. The van der Waals surface area contributed by atoms with Gasteiger partial charge in [0.15, 0.2) is 11.5 Å². The Bertz CT molecular complexity index is 1170. The van der Waals surface area contributed by atoms with E-state index in [-0.39, 0.29) is 34.6 Å². The highest BCUT2D eigenvalue weighted by molar-refractivity contribution is 7.87. The maximum Gasteiger partial charge on any atom is 0.339 e. The zero-order valence-electron chi connectivity index (χ0n) is 18.7. The van der Waals surface area contributed by atoms with Gasteiger partial charge in [0.05, 0.1) is 19.2 Å². The first kappa shape index (κ1) is 23.1. The number of benzene rings is 2. The van der Waals surface area contributed by atoms with Crippen LogP contribution in [0, 0.1) is 18.3 Å². The lowest BCUT2D eigenvalue weighted by Gasteiger charge is -2.23. The van der Waals surface area contributed by atoms with Gasteiger partial charge < -0.3 is 19.1 Å². The van der Waals surface area contributed by atoms with Crippen LogP contribution in [0.5, 0.6) is 11.5 Å². The molecule has 0 radical (unpaired) electrons. The summed E-state index contributed by atoms with van der Waals surface area (Å²) in [5, 5.41) is 12.5. The lowest BCUT2D eigenvalue weighted by molar-refractivity contribution is -0.133. The van der Waals surface area contributed by atoms with Crippen LogP contribution in [0.3, 0.4) is 0 Å².